The maximum absolute atomic E-state index is 11.8. The van der Waals surface area contributed by atoms with Crippen LogP contribution < -0.4 is 5.32 Å². The van der Waals surface area contributed by atoms with Gasteiger partial charge in [-0.1, -0.05) is 12.8 Å². The summed E-state index contributed by atoms with van der Waals surface area (Å²) < 4.78 is 1.85. The molecule has 0 aromatic carbocycles. The lowest BCUT2D eigenvalue weighted by Crippen LogP contribution is -2.33. The fourth-order valence-electron chi connectivity index (χ4n) is 2.03. The number of nitrogens with zero attached hydrogens (tertiary/aromatic N) is 1. The summed E-state index contributed by atoms with van der Waals surface area (Å²) in [5.74, 6) is 0.0596. The van der Waals surface area contributed by atoms with Crippen molar-refractivity contribution in [3.63, 3.8) is 0 Å². The van der Waals surface area contributed by atoms with Gasteiger partial charge in [-0.3, -0.25) is 4.79 Å². The van der Waals surface area contributed by atoms with Crippen LogP contribution in [0.25, 0.3) is 0 Å². The van der Waals surface area contributed by atoms with Gasteiger partial charge in [0.15, 0.2) is 0 Å². The molecule has 0 radical (unpaired) electrons. The molecule has 3 nitrogen and oxygen atoms in total. The first kappa shape index (κ1) is 9.31. The zero-order chi connectivity index (χ0) is 9.97. The summed E-state index contributed by atoms with van der Waals surface area (Å²) in [6.45, 7) is 0. The van der Waals surface area contributed by atoms with Gasteiger partial charge in [0.25, 0.3) is 5.91 Å². The van der Waals surface area contributed by atoms with E-state index in [1.807, 2.05) is 29.9 Å². The highest BCUT2D eigenvalue weighted by atomic mass is 16.2. The van der Waals surface area contributed by atoms with E-state index in [0.29, 0.717) is 6.04 Å². The molecule has 1 aromatic heterocycles. The summed E-state index contributed by atoms with van der Waals surface area (Å²) in [6.07, 6.45) is 6.66. The average Bonchev–Trinajstić information content (AvgIpc) is 2.75. The Hall–Kier alpha value is -1.25. The van der Waals surface area contributed by atoms with E-state index in [4.69, 9.17) is 0 Å². The van der Waals surface area contributed by atoms with Crippen LogP contribution in [0.3, 0.4) is 0 Å². The quantitative estimate of drug-likeness (QED) is 0.760. The summed E-state index contributed by atoms with van der Waals surface area (Å²) in [7, 11) is 1.89. The zero-order valence-corrected chi connectivity index (χ0v) is 8.49. The molecule has 0 saturated heterocycles. The monoisotopic (exact) mass is 192 g/mol. The van der Waals surface area contributed by atoms with E-state index in [1.165, 1.54) is 12.8 Å². The van der Waals surface area contributed by atoms with E-state index in [9.17, 15) is 4.79 Å². The van der Waals surface area contributed by atoms with Crippen LogP contribution in [0, 0.1) is 0 Å². The normalized spacial score (nSPS) is 17.2. The summed E-state index contributed by atoms with van der Waals surface area (Å²) >= 11 is 0. The average molecular weight is 192 g/mol. The van der Waals surface area contributed by atoms with Gasteiger partial charge in [-0.2, -0.15) is 0 Å². The molecule has 1 aromatic rings. The SMILES string of the molecule is Cn1cccc1C(=O)NC1CCCC1. The molecule has 1 amide bonds. The smallest absolute Gasteiger partial charge is 0.268 e. The minimum Gasteiger partial charge on any atom is -0.348 e. The molecular formula is C11H16N2O. The number of nitrogens with one attached hydrogen (secondary N) is 1. The van der Waals surface area contributed by atoms with Crippen molar-refractivity contribution in [3.05, 3.63) is 24.0 Å². The van der Waals surface area contributed by atoms with E-state index >= 15 is 0 Å². The lowest BCUT2D eigenvalue weighted by atomic mass is 10.2. The van der Waals surface area contributed by atoms with Crippen LogP contribution in [0.2, 0.25) is 0 Å². The summed E-state index contributed by atoms with van der Waals surface area (Å²) in [5, 5.41) is 3.06. The van der Waals surface area contributed by atoms with Crippen molar-refractivity contribution >= 4 is 5.91 Å². The van der Waals surface area contributed by atoms with Crippen LogP contribution in [0.15, 0.2) is 18.3 Å². The fourth-order valence-corrected chi connectivity index (χ4v) is 2.03. The molecule has 14 heavy (non-hydrogen) atoms. The third-order valence-corrected chi connectivity index (χ3v) is 2.87. The molecule has 1 N–H and O–H groups in total. The lowest BCUT2D eigenvalue weighted by molar-refractivity contribution is 0.0929. The van der Waals surface area contributed by atoms with Gasteiger partial charge >= 0.3 is 0 Å². The number of aryl methyl sites for hydroxylation is 1. The molecule has 1 aliphatic carbocycles. The minimum absolute atomic E-state index is 0.0596. The number of hydrogen-bond donors (Lipinski definition) is 1. The van der Waals surface area contributed by atoms with Crippen molar-refractivity contribution in [2.45, 2.75) is 31.7 Å². The van der Waals surface area contributed by atoms with Crippen LogP contribution in [0.1, 0.15) is 36.2 Å². The molecule has 0 aliphatic heterocycles. The molecule has 1 heterocycles. The maximum atomic E-state index is 11.8. The number of rotatable bonds is 2. The highest BCUT2D eigenvalue weighted by Crippen LogP contribution is 2.18. The Balaban J connectivity index is 1.98. The van der Waals surface area contributed by atoms with Crippen LogP contribution in [0.4, 0.5) is 0 Å². The largest absolute Gasteiger partial charge is 0.348 e. The molecule has 1 aliphatic rings. The van der Waals surface area contributed by atoms with E-state index in [2.05, 4.69) is 5.32 Å². The number of carbonyl (C=O) groups excluding carboxylic acids is 1. The molecule has 1 fully saturated rings. The molecule has 0 bridgehead atoms. The van der Waals surface area contributed by atoms with E-state index < -0.39 is 0 Å². The van der Waals surface area contributed by atoms with Crippen molar-refractivity contribution in [2.24, 2.45) is 7.05 Å². The van der Waals surface area contributed by atoms with Crippen molar-refractivity contribution < 1.29 is 4.79 Å². The van der Waals surface area contributed by atoms with Gasteiger partial charge in [0.1, 0.15) is 5.69 Å². The van der Waals surface area contributed by atoms with Crippen molar-refractivity contribution in [2.75, 3.05) is 0 Å². The molecule has 3 heteroatoms. The maximum Gasteiger partial charge on any atom is 0.268 e. The Kier molecular flexibility index (Phi) is 2.57. The standard InChI is InChI=1S/C11H16N2O/c1-13-8-4-7-10(13)11(14)12-9-5-2-3-6-9/h4,7-9H,2-3,5-6H2,1H3,(H,12,14). The second kappa shape index (κ2) is 3.86. The third kappa shape index (κ3) is 1.81. The molecule has 1 saturated carbocycles. The van der Waals surface area contributed by atoms with Gasteiger partial charge in [-0.05, 0) is 25.0 Å². The minimum atomic E-state index is 0.0596. The first-order chi connectivity index (χ1) is 6.77. The Bertz CT molecular complexity index is 324. The molecular weight excluding hydrogens is 176 g/mol. The second-order valence-electron chi connectivity index (χ2n) is 3.96. The Labute approximate surface area is 84.1 Å². The van der Waals surface area contributed by atoms with Gasteiger partial charge in [0, 0.05) is 19.3 Å². The first-order valence-electron chi connectivity index (χ1n) is 5.19. The number of aromatic nitrogens is 1. The predicted molar refractivity (Wildman–Crippen MR) is 55.1 cm³/mol. The van der Waals surface area contributed by atoms with E-state index in [-0.39, 0.29) is 5.91 Å². The first-order valence-corrected chi connectivity index (χ1v) is 5.19. The van der Waals surface area contributed by atoms with E-state index in [0.717, 1.165) is 18.5 Å². The lowest BCUT2D eigenvalue weighted by Gasteiger charge is -2.11. The predicted octanol–water partition coefficient (Wildman–Crippen LogP) is 1.70. The fraction of sp³-hybridized carbons (Fsp3) is 0.545. The molecule has 0 atom stereocenters. The van der Waals surface area contributed by atoms with E-state index in [1.54, 1.807) is 0 Å². The number of amides is 1. The van der Waals surface area contributed by atoms with Gasteiger partial charge in [0.2, 0.25) is 0 Å². The summed E-state index contributed by atoms with van der Waals surface area (Å²) in [6, 6.07) is 4.14. The Morgan fingerprint density at radius 1 is 1.50 bits per heavy atom. The number of hydrogen-bond acceptors (Lipinski definition) is 1. The van der Waals surface area contributed by atoms with Crippen LogP contribution in [0.5, 0.6) is 0 Å². The van der Waals surface area contributed by atoms with Gasteiger partial charge < -0.3 is 9.88 Å². The zero-order valence-electron chi connectivity index (χ0n) is 8.49. The van der Waals surface area contributed by atoms with Crippen LogP contribution in [-0.4, -0.2) is 16.5 Å². The summed E-state index contributed by atoms with van der Waals surface area (Å²) in [5.41, 5.74) is 0.747. The van der Waals surface area contributed by atoms with Crippen molar-refractivity contribution in [1.82, 2.24) is 9.88 Å². The van der Waals surface area contributed by atoms with Crippen LogP contribution in [-0.2, 0) is 7.05 Å². The summed E-state index contributed by atoms with van der Waals surface area (Å²) in [4.78, 5) is 11.8. The molecule has 76 valence electrons. The Morgan fingerprint density at radius 2 is 2.21 bits per heavy atom. The van der Waals surface area contributed by atoms with Gasteiger partial charge in [-0.15, -0.1) is 0 Å². The Morgan fingerprint density at radius 3 is 2.79 bits per heavy atom. The molecule has 0 unspecified atom stereocenters. The molecule has 0 spiro atoms. The highest BCUT2D eigenvalue weighted by Gasteiger charge is 2.18. The van der Waals surface area contributed by atoms with Crippen molar-refractivity contribution in [1.29, 1.82) is 0 Å². The van der Waals surface area contributed by atoms with Gasteiger partial charge in [0.05, 0.1) is 0 Å². The van der Waals surface area contributed by atoms with Gasteiger partial charge in [-0.25, -0.2) is 0 Å². The highest BCUT2D eigenvalue weighted by molar-refractivity contribution is 5.92. The third-order valence-electron chi connectivity index (χ3n) is 2.87. The second-order valence-corrected chi connectivity index (χ2v) is 3.96. The number of carbonyl (C=O) groups is 1. The topological polar surface area (TPSA) is 34.0 Å². The van der Waals surface area contributed by atoms with Crippen molar-refractivity contribution in [3.8, 4) is 0 Å². The molecule has 2 rings (SSSR count). The van der Waals surface area contributed by atoms with Crippen LogP contribution >= 0.6 is 0 Å².